The largest absolute Gasteiger partial charge is 0.352 e. The van der Waals surface area contributed by atoms with Crippen LogP contribution in [0.15, 0.2) is 0 Å². The van der Waals surface area contributed by atoms with Gasteiger partial charge in [-0.2, -0.15) is 0 Å². The SMILES string of the molecule is CCN1CCC(NC(=O)C2CC(C)CCN2)CC1. The first-order valence-corrected chi connectivity index (χ1v) is 7.45. The summed E-state index contributed by atoms with van der Waals surface area (Å²) in [5, 5.41) is 6.56. The van der Waals surface area contributed by atoms with Gasteiger partial charge in [0.15, 0.2) is 0 Å². The molecule has 4 nitrogen and oxygen atoms in total. The van der Waals surface area contributed by atoms with Crippen LogP contribution in [0.2, 0.25) is 0 Å². The molecular weight excluding hydrogens is 226 g/mol. The Morgan fingerprint density at radius 3 is 2.67 bits per heavy atom. The maximum absolute atomic E-state index is 12.2. The summed E-state index contributed by atoms with van der Waals surface area (Å²) in [5.74, 6) is 0.889. The summed E-state index contributed by atoms with van der Waals surface area (Å²) in [6, 6.07) is 0.428. The maximum Gasteiger partial charge on any atom is 0.237 e. The first kappa shape index (κ1) is 13.8. The first-order chi connectivity index (χ1) is 8.69. The van der Waals surface area contributed by atoms with Gasteiger partial charge in [0, 0.05) is 19.1 Å². The zero-order chi connectivity index (χ0) is 13.0. The summed E-state index contributed by atoms with van der Waals surface area (Å²) in [5.41, 5.74) is 0. The third-order valence-corrected chi connectivity index (χ3v) is 4.36. The highest BCUT2D eigenvalue weighted by Crippen LogP contribution is 2.16. The molecule has 0 radical (unpaired) electrons. The van der Waals surface area contributed by atoms with E-state index in [2.05, 4.69) is 29.4 Å². The highest BCUT2D eigenvalue weighted by Gasteiger charge is 2.27. The van der Waals surface area contributed by atoms with E-state index in [1.165, 1.54) is 6.42 Å². The zero-order valence-corrected chi connectivity index (χ0v) is 11.7. The number of carbonyl (C=O) groups is 1. The van der Waals surface area contributed by atoms with Crippen molar-refractivity contribution in [2.24, 2.45) is 5.92 Å². The van der Waals surface area contributed by atoms with Crippen molar-refractivity contribution in [3.63, 3.8) is 0 Å². The van der Waals surface area contributed by atoms with Gasteiger partial charge in [-0.25, -0.2) is 0 Å². The molecule has 2 rings (SSSR count). The number of piperidine rings is 2. The van der Waals surface area contributed by atoms with Crippen LogP contribution in [0.5, 0.6) is 0 Å². The van der Waals surface area contributed by atoms with Crippen LogP contribution in [0.3, 0.4) is 0 Å². The number of nitrogens with zero attached hydrogens (tertiary/aromatic N) is 1. The molecule has 0 aromatic carbocycles. The van der Waals surface area contributed by atoms with Crippen molar-refractivity contribution in [3.05, 3.63) is 0 Å². The van der Waals surface area contributed by atoms with Crippen molar-refractivity contribution in [1.82, 2.24) is 15.5 Å². The third kappa shape index (κ3) is 3.69. The lowest BCUT2D eigenvalue weighted by molar-refractivity contribution is -0.125. The fraction of sp³-hybridized carbons (Fsp3) is 0.929. The van der Waals surface area contributed by atoms with Gasteiger partial charge in [-0.1, -0.05) is 13.8 Å². The molecule has 2 N–H and O–H groups in total. The Hall–Kier alpha value is -0.610. The monoisotopic (exact) mass is 253 g/mol. The second-order valence-corrected chi connectivity index (χ2v) is 5.85. The van der Waals surface area contributed by atoms with Crippen molar-refractivity contribution in [1.29, 1.82) is 0 Å². The second-order valence-electron chi connectivity index (χ2n) is 5.85. The summed E-state index contributed by atoms with van der Waals surface area (Å²) in [6.45, 7) is 8.79. The standard InChI is InChI=1S/C14H27N3O/c1-3-17-8-5-12(6-9-17)16-14(18)13-10-11(2)4-7-15-13/h11-13,15H,3-10H2,1-2H3,(H,16,18). The van der Waals surface area contributed by atoms with Gasteiger partial charge in [0.1, 0.15) is 0 Å². The molecule has 2 heterocycles. The van der Waals surface area contributed by atoms with Gasteiger partial charge in [0.25, 0.3) is 0 Å². The lowest BCUT2D eigenvalue weighted by Gasteiger charge is -2.33. The fourth-order valence-electron chi connectivity index (χ4n) is 3.00. The van der Waals surface area contributed by atoms with Crippen LogP contribution in [0, 0.1) is 5.92 Å². The first-order valence-electron chi connectivity index (χ1n) is 7.45. The van der Waals surface area contributed by atoms with E-state index in [4.69, 9.17) is 0 Å². The van der Waals surface area contributed by atoms with Crippen molar-refractivity contribution in [2.45, 2.75) is 51.6 Å². The molecule has 18 heavy (non-hydrogen) atoms. The van der Waals surface area contributed by atoms with Crippen LogP contribution in [-0.2, 0) is 4.79 Å². The third-order valence-electron chi connectivity index (χ3n) is 4.36. The number of carbonyl (C=O) groups excluding carboxylic acids is 1. The molecule has 2 fully saturated rings. The van der Waals surface area contributed by atoms with Crippen LogP contribution in [-0.4, -0.2) is 49.1 Å². The zero-order valence-electron chi connectivity index (χ0n) is 11.7. The van der Waals surface area contributed by atoms with E-state index in [0.717, 1.165) is 45.4 Å². The molecule has 2 aliphatic rings. The van der Waals surface area contributed by atoms with Crippen LogP contribution in [0.1, 0.15) is 39.5 Å². The minimum Gasteiger partial charge on any atom is -0.352 e. The van der Waals surface area contributed by atoms with Crippen LogP contribution < -0.4 is 10.6 Å². The van der Waals surface area contributed by atoms with E-state index >= 15 is 0 Å². The minimum atomic E-state index is 0.0398. The highest BCUT2D eigenvalue weighted by atomic mass is 16.2. The Labute approximate surface area is 110 Å². The molecule has 0 spiro atoms. The van der Waals surface area contributed by atoms with Crippen molar-refractivity contribution >= 4 is 5.91 Å². The number of likely N-dealkylation sites (tertiary alicyclic amines) is 1. The van der Waals surface area contributed by atoms with E-state index in [0.29, 0.717) is 12.0 Å². The normalized spacial score (nSPS) is 31.2. The van der Waals surface area contributed by atoms with Crippen LogP contribution in [0.25, 0.3) is 0 Å². The molecule has 2 saturated heterocycles. The molecule has 4 heteroatoms. The summed E-state index contributed by atoms with van der Waals surface area (Å²) in [7, 11) is 0. The van der Waals surface area contributed by atoms with Gasteiger partial charge in [0.05, 0.1) is 6.04 Å². The lowest BCUT2D eigenvalue weighted by Crippen LogP contribution is -2.53. The summed E-state index contributed by atoms with van der Waals surface area (Å²) in [4.78, 5) is 14.6. The molecule has 0 saturated carbocycles. The number of hydrogen-bond donors (Lipinski definition) is 2. The van der Waals surface area contributed by atoms with E-state index in [-0.39, 0.29) is 11.9 Å². The summed E-state index contributed by atoms with van der Waals surface area (Å²) >= 11 is 0. The molecule has 104 valence electrons. The van der Waals surface area contributed by atoms with Gasteiger partial charge >= 0.3 is 0 Å². The second kappa shape index (κ2) is 6.53. The predicted molar refractivity (Wildman–Crippen MR) is 73.5 cm³/mol. The topological polar surface area (TPSA) is 44.4 Å². The van der Waals surface area contributed by atoms with E-state index in [9.17, 15) is 4.79 Å². The number of hydrogen-bond acceptors (Lipinski definition) is 3. The van der Waals surface area contributed by atoms with Crippen molar-refractivity contribution in [3.8, 4) is 0 Å². The average Bonchev–Trinajstić information content (AvgIpc) is 2.39. The molecule has 1 amide bonds. The number of nitrogens with one attached hydrogen (secondary N) is 2. The van der Waals surface area contributed by atoms with E-state index in [1.807, 2.05) is 0 Å². The Kier molecular flexibility index (Phi) is 5.01. The Balaban J connectivity index is 1.74. The fourth-order valence-corrected chi connectivity index (χ4v) is 3.00. The van der Waals surface area contributed by atoms with Gasteiger partial charge in [-0.05, 0) is 44.7 Å². The molecule has 2 aliphatic heterocycles. The Bertz CT molecular complexity index is 274. The molecule has 0 aliphatic carbocycles. The molecular formula is C14H27N3O. The molecule has 2 unspecified atom stereocenters. The Morgan fingerprint density at radius 1 is 1.33 bits per heavy atom. The van der Waals surface area contributed by atoms with Crippen LogP contribution >= 0.6 is 0 Å². The predicted octanol–water partition coefficient (Wildman–Crippen LogP) is 0.975. The maximum atomic E-state index is 12.2. The summed E-state index contributed by atoms with van der Waals surface area (Å²) in [6.07, 6.45) is 4.38. The number of rotatable bonds is 3. The smallest absolute Gasteiger partial charge is 0.237 e. The highest BCUT2D eigenvalue weighted by molar-refractivity contribution is 5.82. The van der Waals surface area contributed by atoms with Crippen LogP contribution in [0.4, 0.5) is 0 Å². The number of amides is 1. The van der Waals surface area contributed by atoms with Crippen molar-refractivity contribution < 1.29 is 4.79 Å². The van der Waals surface area contributed by atoms with Crippen molar-refractivity contribution in [2.75, 3.05) is 26.2 Å². The van der Waals surface area contributed by atoms with Gasteiger partial charge in [-0.15, -0.1) is 0 Å². The average molecular weight is 253 g/mol. The molecule has 2 atom stereocenters. The molecule has 0 aromatic heterocycles. The lowest BCUT2D eigenvalue weighted by atomic mass is 9.93. The molecule has 0 bridgehead atoms. The van der Waals surface area contributed by atoms with Gasteiger partial charge in [-0.3, -0.25) is 4.79 Å². The summed E-state index contributed by atoms with van der Waals surface area (Å²) < 4.78 is 0. The van der Waals surface area contributed by atoms with Gasteiger partial charge in [0.2, 0.25) is 5.91 Å². The molecule has 0 aromatic rings. The van der Waals surface area contributed by atoms with E-state index in [1.54, 1.807) is 0 Å². The Morgan fingerprint density at radius 2 is 2.06 bits per heavy atom. The van der Waals surface area contributed by atoms with Gasteiger partial charge < -0.3 is 15.5 Å². The quantitative estimate of drug-likeness (QED) is 0.788. The van der Waals surface area contributed by atoms with E-state index < -0.39 is 0 Å². The minimum absolute atomic E-state index is 0.0398.